The van der Waals surface area contributed by atoms with Crippen LogP contribution in [0.2, 0.25) is 0 Å². The highest BCUT2D eigenvalue weighted by Crippen LogP contribution is 2.49. The van der Waals surface area contributed by atoms with Gasteiger partial charge in [-0.1, -0.05) is 18.3 Å². The van der Waals surface area contributed by atoms with Crippen LogP contribution in [0, 0.1) is 5.41 Å². The van der Waals surface area contributed by atoms with Crippen molar-refractivity contribution in [1.29, 1.82) is 0 Å². The highest BCUT2D eigenvalue weighted by atomic mass is 32.1. The average Bonchev–Trinajstić information content (AvgIpc) is 3.13. The number of amides is 1. The maximum absolute atomic E-state index is 12.5. The van der Waals surface area contributed by atoms with E-state index in [1.54, 1.807) is 0 Å². The minimum atomic E-state index is -0.0533. The van der Waals surface area contributed by atoms with Crippen molar-refractivity contribution in [2.24, 2.45) is 5.41 Å². The largest absolute Gasteiger partial charge is 0.348 e. The van der Waals surface area contributed by atoms with E-state index in [-0.39, 0.29) is 17.9 Å². The van der Waals surface area contributed by atoms with Gasteiger partial charge in [0, 0.05) is 25.0 Å². The Morgan fingerprint density at radius 3 is 2.67 bits per heavy atom. The Kier molecular flexibility index (Phi) is 5.23. The maximum Gasteiger partial charge on any atom is 0.273 e. The molecule has 144 valence electrons. The Labute approximate surface area is 164 Å². The van der Waals surface area contributed by atoms with Gasteiger partial charge in [-0.05, 0) is 79.3 Å². The highest BCUT2D eigenvalue weighted by molar-refractivity contribution is 7.05. The van der Waals surface area contributed by atoms with Crippen LogP contribution in [0.25, 0.3) is 0 Å². The molecule has 2 fully saturated rings. The molecule has 0 aromatic carbocycles. The zero-order chi connectivity index (χ0) is 18.9. The predicted octanol–water partition coefficient (Wildman–Crippen LogP) is 3.23. The number of rotatable bonds is 5. The molecule has 3 heterocycles. The first-order valence-electron chi connectivity index (χ1n) is 9.79. The summed E-state index contributed by atoms with van der Waals surface area (Å²) in [6.45, 7) is 7.43. The molecule has 0 bridgehead atoms. The van der Waals surface area contributed by atoms with Crippen molar-refractivity contribution >= 4 is 17.4 Å². The number of piperidine rings is 1. The molecule has 0 unspecified atom stereocenters. The van der Waals surface area contributed by atoms with Crippen LogP contribution >= 0.6 is 11.5 Å². The molecule has 4 rings (SSSR count). The molecule has 1 aliphatic carbocycles. The second-order valence-corrected chi connectivity index (χ2v) is 9.14. The number of carbonyl (C=O) groups excluding carboxylic acids is 1. The fourth-order valence-electron chi connectivity index (χ4n) is 4.42. The fourth-order valence-corrected chi connectivity index (χ4v) is 5.06. The number of likely N-dealkylation sites (tertiary alicyclic amines) is 1. The summed E-state index contributed by atoms with van der Waals surface area (Å²) in [4.78, 5) is 20.1. The van der Waals surface area contributed by atoms with Crippen LogP contribution in [-0.4, -0.2) is 44.5 Å². The Bertz CT molecular complexity index is 775. The van der Waals surface area contributed by atoms with E-state index in [0.29, 0.717) is 11.1 Å². The van der Waals surface area contributed by atoms with Gasteiger partial charge in [0.05, 0.1) is 4.88 Å². The van der Waals surface area contributed by atoms with Crippen LogP contribution in [0.1, 0.15) is 66.4 Å². The van der Waals surface area contributed by atoms with Gasteiger partial charge in [0.25, 0.3) is 5.91 Å². The molecule has 2 aromatic rings. The minimum absolute atomic E-state index is 0.0533. The lowest BCUT2D eigenvalue weighted by Gasteiger charge is -2.52. The third-order valence-corrected chi connectivity index (χ3v) is 7.04. The van der Waals surface area contributed by atoms with E-state index in [4.69, 9.17) is 0 Å². The first kappa shape index (κ1) is 18.5. The standard InChI is InChI=1S/C20H27N5OS/c1-14(2)18-17(23-24-27-18)19(26)22-16-11-20(12-16)5-9-25(10-6-20)13-15-3-7-21-8-4-15/h3-4,7-8,14,16H,5-6,9-13H2,1-2H3,(H,22,26). The van der Waals surface area contributed by atoms with Crippen molar-refractivity contribution < 1.29 is 4.79 Å². The Balaban J connectivity index is 1.25. The molecular weight excluding hydrogens is 358 g/mol. The number of nitrogens with zero attached hydrogens (tertiary/aromatic N) is 4. The van der Waals surface area contributed by atoms with Crippen molar-refractivity contribution in [3.05, 3.63) is 40.7 Å². The van der Waals surface area contributed by atoms with Crippen molar-refractivity contribution in [1.82, 2.24) is 24.8 Å². The van der Waals surface area contributed by atoms with Crippen molar-refractivity contribution in [3.8, 4) is 0 Å². The lowest BCUT2D eigenvalue weighted by atomic mass is 9.60. The summed E-state index contributed by atoms with van der Waals surface area (Å²) in [5.74, 6) is 0.227. The molecule has 2 aliphatic rings. The molecule has 2 aromatic heterocycles. The van der Waals surface area contributed by atoms with Gasteiger partial charge in [-0.2, -0.15) is 0 Å². The smallest absolute Gasteiger partial charge is 0.273 e. The number of hydrogen-bond acceptors (Lipinski definition) is 6. The number of hydrogen-bond donors (Lipinski definition) is 1. The molecule has 1 saturated carbocycles. The molecule has 0 radical (unpaired) electrons. The second-order valence-electron chi connectivity index (χ2n) is 8.35. The fraction of sp³-hybridized carbons (Fsp3) is 0.600. The number of pyridine rings is 1. The Morgan fingerprint density at radius 1 is 1.30 bits per heavy atom. The third-order valence-electron chi connectivity index (χ3n) is 6.02. The summed E-state index contributed by atoms with van der Waals surface area (Å²) in [6, 6.07) is 4.47. The maximum atomic E-state index is 12.5. The van der Waals surface area contributed by atoms with Gasteiger partial charge >= 0.3 is 0 Å². The van der Waals surface area contributed by atoms with Crippen LogP contribution in [0.15, 0.2) is 24.5 Å². The van der Waals surface area contributed by atoms with Crippen LogP contribution < -0.4 is 5.32 Å². The van der Waals surface area contributed by atoms with E-state index >= 15 is 0 Å². The van der Waals surface area contributed by atoms with E-state index in [1.165, 1.54) is 29.9 Å². The Hall–Kier alpha value is -1.86. The molecule has 1 N–H and O–H groups in total. The zero-order valence-electron chi connectivity index (χ0n) is 16.0. The number of aromatic nitrogens is 3. The topological polar surface area (TPSA) is 71.0 Å². The summed E-state index contributed by atoms with van der Waals surface area (Å²) >= 11 is 1.33. The molecule has 6 nitrogen and oxygen atoms in total. The van der Waals surface area contributed by atoms with E-state index in [9.17, 15) is 4.79 Å². The zero-order valence-corrected chi connectivity index (χ0v) is 16.8. The molecular formula is C20H27N5OS. The van der Waals surface area contributed by atoms with E-state index in [2.05, 4.69) is 50.8 Å². The molecule has 27 heavy (non-hydrogen) atoms. The molecule has 1 amide bonds. The lowest BCUT2D eigenvalue weighted by Crippen LogP contribution is -2.54. The summed E-state index contributed by atoms with van der Waals surface area (Å²) in [6.07, 6.45) is 8.36. The summed E-state index contributed by atoms with van der Waals surface area (Å²) in [5, 5.41) is 7.23. The quantitative estimate of drug-likeness (QED) is 0.856. The summed E-state index contributed by atoms with van der Waals surface area (Å²) in [7, 11) is 0. The lowest BCUT2D eigenvalue weighted by molar-refractivity contribution is 0.00459. The van der Waals surface area contributed by atoms with Gasteiger partial charge < -0.3 is 5.32 Å². The van der Waals surface area contributed by atoms with Crippen LogP contribution in [-0.2, 0) is 6.54 Å². The monoisotopic (exact) mass is 385 g/mol. The predicted molar refractivity (Wildman–Crippen MR) is 106 cm³/mol. The molecule has 0 atom stereocenters. The highest BCUT2D eigenvalue weighted by Gasteiger charge is 2.46. The van der Waals surface area contributed by atoms with Crippen molar-refractivity contribution in [3.63, 3.8) is 0 Å². The SMILES string of the molecule is CC(C)c1snnc1C(=O)NC1CC2(CCN(Cc3ccncc3)CC2)C1. The molecule has 7 heteroatoms. The molecule has 1 aliphatic heterocycles. The molecule has 1 spiro atoms. The van der Waals surface area contributed by atoms with Crippen LogP contribution in [0.5, 0.6) is 0 Å². The summed E-state index contributed by atoms with van der Waals surface area (Å²) in [5.41, 5.74) is 2.27. The normalized spacial score (nSPS) is 20.0. The van der Waals surface area contributed by atoms with Gasteiger partial charge in [0.15, 0.2) is 5.69 Å². The second kappa shape index (κ2) is 7.64. The van der Waals surface area contributed by atoms with Gasteiger partial charge in [0.1, 0.15) is 0 Å². The van der Waals surface area contributed by atoms with E-state index in [0.717, 1.165) is 37.4 Å². The van der Waals surface area contributed by atoms with E-state index in [1.807, 2.05) is 12.4 Å². The summed E-state index contributed by atoms with van der Waals surface area (Å²) < 4.78 is 3.96. The van der Waals surface area contributed by atoms with Gasteiger partial charge in [-0.25, -0.2) is 0 Å². The number of nitrogens with one attached hydrogen (secondary N) is 1. The molecule has 1 saturated heterocycles. The third kappa shape index (κ3) is 4.04. The number of carbonyl (C=O) groups is 1. The average molecular weight is 386 g/mol. The Morgan fingerprint density at radius 2 is 2.00 bits per heavy atom. The van der Waals surface area contributed by atoms with Crippen molar-refractivity contribution in [2.75, 3.05) is 13.1 Å². The van der Waals surface area contributed by atoms with Crippen LogP contribution in [0.3, 0.4) is 0 Å². The van der Waals surface area contributed by atoms with E-state index < -0.39 is 0 Å². The van der Waals surface area contributed by atoms with Crippen molar-refractivity contribution in [2.45, 2.75) is 58.0 Å². The first-order valence-corrected chi connectivity index (χ1v) is 10.6. The first-order chi connectivity index (χ1) is 13.0. The van der Waals surface area contributed by atoms with Gasteiger partial charge in [-0.15, -0.1) is 5.10 Å². The minimum Gasteiger partial charge on any atom is -0.348 e. The van der Waals surface area contributed by atoms with Gasteiger partial charge in [-0.3, -0.25) is 14.7 Å². The van der Waals surface area contributed by atoms with Crippen LogP contribution in [0.4, 0.5) is 0 Å². The van der Waals surface area contributed by atoms with Gasteiger partial charge in [0.2, 0.25) is 0 Å².